The van der Waals surface area contributed by atoms with E-state index in [0.717, 1.165) is 28.2 Å². The molecule has 0 bridgehead atoms. The lowest BCUT2D eigenvalue weighted by atomic mass is 10.1. The molecule has 4 rings (SSSR count). The molecule has 0 spiro atoms. The molecular formula is C16H10ClN3O. The van der Waals surface area contributed by atoms with Gasteiger partial charge in [0.25, 0.3) is 0 Å². The number of nitrogens with zero attached hydrogens (tertiary/aromatic N) is 3. The summed E-state index contributed by atoms with van der Waals surface area (Å²) in [4.78, 5) is 8.51. The highest BCUT2D eigenvalue weighted by molar-refractivity contribution is 6.30. The highest BCUT2D eigenvalue weighted by Gasteiger charge is 2.06. The first-order chi connectivity index (χ1) is 10.3. The van der Waals surface area contributed by atoms with Gasteiger partial charge in [-0.3, -0.25) is 0 Å². The van der Waals surface area contributed by atoms with E-state index >= 15 is 0 Å². The van der Waals surface area contributed by atoms with E-state index in [4.69, 9.17) is 16.0 Å². The van der Waals surface area contributed by atoms with Crippen molar-refractivity contribution >= 4 is 17.2 Å². The van der Waals surface area contributed by atoms with Gasteiger partial charge >= 0.3 is 0 Å². The second kappa shape index (κ2) is 4.75. The van der Waals surface area contributed by atoms with Gasteiger partial charge in [0.1, 0.15) is 5.65 Å². The molecule has 0 aliphatic rings. The number of hydrogen-bond donors (Lipinski definition) is 0. The number of pyridine rings is 1. The molecule has 0 saturated carbocycles. The Balaban J connectivity index is 1.74. The molecule has 0 N–H and O–H groups in total. The van der Waals surface area contributed by atoms with Crippen LogP contribution in [0, 0.1) is 0 Å². The van der Waals surface area contributed by atoms with E-state index in [1.54, 1.807) is 6.20 Å². The van der Waals surface area contributed by atoms with Crippen LogP contribution in [0.25, 0.3) is 28.2 Å². The zero-order valence-electron chi connectivity index (χ0n) is 10.9. The maximum Gasteiger partial charge on any atom is 0.181 e. The number of halogens is 1. The molecule has 102 valence electrons. The SMILES string of the molecule is Clc1ccc2nc(-c3ccc(-c4cnco4)cc3)cn2c1. The van der Waals surface area contributed by atoms with Crippen LogP contribution in [0.1, 0.15) is 0 Å². The molecule has 3 aromatic heterocycles. The van der Waals surface area contributed by atoms with Crippen molar-refractivity contribution in [1.82, 2.24) is 14.4 Å². The second-order valence-electron chi connectivity index (χ2n) is 4.68. The zero-order valence-corrected chi connectivity index (χ0v) is 11.7. The van der Waals surface area contributed by atoms with E-state index in [2.05, 4.69) is 9.97 Å². The molecule has 21 heavy (non-hydrogen) atoms. The first-order valence-electron chi connectivity index (χ1n) is 6.43. The molecule has 3 heterocycles. The lowest BCUT2D eigenvalue weighted by molar-refractivity contribution is 0.572. The first kappa shape index (κ1) is 12.2. The summed E-state index contributed by atoms with van der Waals surface area (Å²) >= 11 is 5.99. The van der Waals surface area contributed by atoms with Crippen LogP contribution < -0.4 is 0 Å². The van der Waals surface area contributed by atoms with Gasteiger partial charge in [-0.15, -0.1) is 0 Å². The fourth-order valence-corrected chi connectivity index (χ4v) is 2.44. The number of benzene rings is 1. The summed E-state index contributed by atoms with van der Waals surface area (Å²) in [7, 11) is 0. The number of aromatic nitrogens is 3. The summed E-state index contributed by atoms with van der Waals surface area (Å²) in [5, 5.41) is 0.687. The second-order valence-corrected chi connectivity index (χ2v) is 5.12. The van der Waals surface area contributed by atoms with Crippen LogP contribution in [0.2, 0.25) is 5.02 Å². The molecule has 0 aliphatic carbocycles. The van der Waals surface area contributed by atoms with E-state index in [-0.39, 0.29) is 0 Å². The number of rotatable bonds is 2. The summed E-state index contributed by atoms with van der Waals surface area (Å²) in [6.07, 6.45) is 6.93. The van der Waals surface area contributed by atoms with Crippen molar-refractivity contribution in [1.29, 1.82) is 0 Å². The average Bonchev–Trinajstić information content (AvgIpc) is 3.16. The van der Waals surface area contributed by atoms with Crippen molar-refractivity contribution < 1.29 is 4.42 Å². The van der Waals surface area contributed by atoms with Crippen LogP contribution in [-0.4, -0.2) is 14.4 Å². The monoisotopic (exact) mass is 295 g/mol. The molecule has 0 saturated heterocycles. The van der Waals surface area contributed by atoms with E-state index < -0.39 is 0 Å². The standard InChI is InChI=1S/C16H10ClN3O/c17-13-5-6-16-19-14(9-20(16)8-13)11-1-3-12(4-2-11)15-7-18-10-21-15/h1-10H. The minimum absolute atomic E-state index is 0.687. The lowest BCUT2D eigenvalue weighted by Gasteiger charge is -1.98. The van der Waals surface area contributed by atoms with Gasteiger partial charge in [0.05, 0.1) is 16.9 Å². The van der Waals surface area contributed by atoms with Crippen molar-refractivity contribution in [3.8, 4) is 22.6 Å². The van der Waals surface area contributed by atoms with Gasteiger partial charge in [0, 0.05) is 23.5 Å². The van der Waals surface area contributed by atoms with Crippen molar-refractivity contribution in [2.24, 2.45) is 0 Å². The van der Waals surface area contributed by atoms with Crippen molar-refractivity contribution in [3.05, 3.63) is 66.4 Å². The van der Waals surface area contributed by atoms with Crippen LogP contribution in [0.4, 0.5) is 0 Å². The van der Waals surface area contributed by atoms with Gasteiger partial charge in [0.2, 0.25) is 0 Å². The molecular weight excluding hydrogens is 286 g/mol. The molecule has 0 amide bonds. The summed E-state index contributed by atoms with van der Waals surface area (Å²) < 4.78 is 7.20. The Labute approximate surface area is 125 Å². The third kappa shape index (κ3) is 2.19. The van der Waals surface area contributed by atoms with E-state index in [0.29, 0.717) is 5.02 Å². The van der Waals surface area contributed by atoms with Gasteiger partial charge in [0.15, 0.2) is 12.2 Å². The van der Waals surface area contributed by atoms with Gasteiger partial charge < -0.3 is 8.82 Å². The molecule has 0 atom stereocenters. The topological polar surface area (TPSA) is 43.3 Å². The van der Waals surface area contributed by atoms with Gasteiger partial charge in [-0.25, -0.2) is 9.97 Å². The quantitative estimate of drug-likeness (QED) is 0.553. The smallest absolute Gasteiger partial charge is 0.181 e. The van der Waals surface area contributed by atoms with Crippen LogP contribution >= 0.6 is 11.6 Å². The highest BCUT2D eigenvalue weighted by Crippen LogP contribution is 2.24. The van der Waals surface area contributed by atoms with Crippen molar-refractivity contribution in [2.75, 3.05) is 0 Å². The van der Waals surface area contributed by atoms with Crippen molar-refractivity contribution in [3.63, 3.8) is 0 Å². The highest BCUT2D eigenvalue weighted by atomic mass is 35.5. The first-order valence-corrected chi connectivity index (χ1v) is 6.81. The maximum atomic E-state index is 5.99. The average molecular weight is 296 g/mol. The number of oxazole rings is 1. The Bertz CT molecular complexity index is 895. The van der Waals surface area contributed by atoms with Crippen LogP contribution in [-0.2, 0) is 0 Å². The molecule has 5 heteroatoms. The third-order valence-electron chi connectivity index (χ3n) is 3.31. The molecule has 4 aromatic rings. The Morgan fingerprint density at radius 3 is 2.52 bits per heavy atom. The Kier molecular flexibility index (Phi) is 2.75. The van der Waals surface area contributed by atoms with Gasteiger partial charge in [-0.2, -0.15) is 0 Å². The van der Waals surface area contributed by atoms with Gasteiger partial charge in [-0.05, 0) is 12.1 Å². The minimum atomic E-state index is 0.687. The largest absolute Gasteiger partial charge is 0.444 e. The lowest BCUT2D eigenvalue weighted by Crippen LogP contribution is -1.79. The fourth-order valence-electron chi connectivity index (χ4n) is 2.27. The fraction of sp³-hybridized carbons (Fsp3) is 0. The van der Waals surface area contributed by atoms with Gasteiger partial charge in [-0.1, -0.05) is 35.9 Å². The van der Waals surface area contributed by atoms with E-state index in [1.807, 2.05) is 53.2 Å². The van der Waals surface area contributed by atoms with E-state index in [9.17, 15) is 0 Å². The Hall–Kier alpha value is -2.59. The predicted octanol–water partition coefficient (Wildman–Crippen LogP) is 4.31. The van der Waals surface area contributed by atoms with Crippen LogP contribution in [0.15, 0.2) is 65.8 Å². The summed E-state index contributed by atoms with van der Waals surface area (Å²) in [6, 6.07) is 11.7. The summed E-state index contributed by atoms with van der Waals surface area (Å²) in [5.74, 6) is 0.753. The Morgan fingerprint density at radius 1 is 0.952 bits per heavy atom. The van der Waals surface area contributed by atoms with Crippen LogP contribution in [0.3, 0.4) is 0 Å². The normalized spacial score (nSPS) is 11.1. The number of imidazole rings is 1. The maximum absolute atomic E-state index is 5.99. The number of hydrogen-bond acceptors (Lipinski definition) is 3. The zero-order chi connectivity index (χ0) is 14.2. The summed E-state index contributed by atoms with van der Waals surface area (Å²) in [6.45, 7) is 0. The summed E-state index contributed by atoms with van der Waals surface area (Å²) in [5.41, 5.74) is 3.80. The molecule has 1 aromatic carbocycles. The molecule has 0 aliphatic heterocycles. The molecule has 0 fully saturated rings. The van der Waals surface area contributed by atoms with Crippen molar-refractivity contribution in [2.45, 2.75) is 0 Å². The molecule has 4 nitrogen and oxygen atoms in total. The molecule has 0 unspecified atom stereocenters. The number of fused-ring (bicyclic) bond motifs is 1. The predicted molar refractivity (Wildman–Crippen MR) is 81.1 cm³/mol. The third-order valence-corrected chi connectivity index (χ3v) is 3.54. The minimum Gasteiger partial charge on any atom is -0.444 e. The molecule has 0 radical (unpaired) electrons. The Morgan fingerprint density at radius 2 is 1.76 bits per heavy atom. The van der Waals surface area contributed by atoms with Crippen LogP contribution in [0.5, 0.6) is 0 Å². The van der Waals surface area contributed by atoms with E-state index in [1.165, 1.54) is 6.39 Å².